The summed E-state index contributed by atoms with van der Waals surface area (Å²) in [5, 5.41) is 0. The van der Waals surface area contributed by atoms with E-state index in [-0.39, 0.29) is 5.91 Å². The van der Waals surface area contributed by atoms with Crippen LogP contribution in [0, 0.1) is 5.92 Å². The predicted molar refractivity (Wildman–Crippen MR) is 75.3 cm³/mol. The Hall–Kier alpha value is -1.42. The van der Waals surface area contributed by atoms with Crippen LogP contribution in [0.15, 0.2) is 24.5 Å². The molecule has 1 amide bonds. The lowest BCUT2D eigenvalue weighted by molar-refractivity contribution is -0.133. The molecule has 1 aliphatic rings. The van der Waals surface area contributed by atoms with Gasteiger partial charge in [0.15, 0.2) is 0 Å². The van der Waals surface area contributed by atoms with Gasteiger partial charge in [0.25, 0.3) is 0 Å². The summed E-state index contributed by atoms with van der Waals surface area (Å²) in [6, 6.07) is 4.37. The van der Waals surface area contributed by atoms with Crippen LogP contribution in [0.5, 0.6) is 0 Å². The molecule has 2 rings (SSSR count). The molecule has 2 N–H and O–H groups in total. The summed E-state index contributed by atoms with van der Waals surface area (Å²) in [5.74, 6) is 0.548. The zero-order valence-corrected chi connectivity index (χ0v) is 11.6. The second-order valence-electron chi connectivity index (χ2n) is 5.33. The largest absolute Gasteiger partial charge is 0.335 e. The Kier molecular flexibility index (Phi) is 4.91. The van der Waals surface area contributed by atoms with Crippen molar-refractivity contribution in [1.29, 1.82) is 0 Å². The maximum Gasteiger partial charge on any atom is 0.223 e. The average molecular weight is 261 g/mol. The molecule has 0 aromatic carbocycles. The third-order valence-electron chi connectivity index (χ3n) is 3.76. The summed E-state index contributed by atoms with van der Waals surface area (Å²) in [4.78, 5) is 18.5. The lowest BCUT2D eigenvalue weighted by atomic mass is 10.0. The monoisotopic (exact) mass is 261 g/mol. The SMILES string of the molecule is CCC(CN)CC(=O)N(Cc1cccnc1)C1CC1. The zero-order chi connectivity index (χ0) is 13.7. The Morgan fingerprint density at radius 1 is 1.58 bits per heavy atom. The number of carbonyl (C=O) groups is 1. The molecule has 1 fully saturated rings. The minimum absolute atomic E-state index is 0.239. The van der Waals surface area contributed by atoms with Crippen LogP contribution in [0.2, 0.25) is 0 Å². The summed E-state index contributed by atoms with van der Waals surface area (Å²) in [5.41, 5.74) is 6.80. The molecular formula is C15H23N3O. The first-order chi connectivity index (χ1) is 9.24. The van der Waals surface area contributed by atoms with Crippen molar-refractivity contribution < 1.29 is 4.79 Å². The molecular weight excluding hydrogens is 238 g/mol. The predicted octanol–water partition coefficient (Wildman–Crippen LogP) is 1.95. The Bertz CT molecular complexity index is 399. The molecule has 19 heavy (non-hydrogen) atoms. The van der Waals surface area contributed by atoms with E-state index in [0.29, 0.717) is 31.5 Å². The van der Waals surface area contributed by atoms with Gasteiger partial charge < -0.3 is 10.6 Å². The van der Waals surface area contributed by atoms with Crippen LogP contribution < -0.4 is 5.73 Å². The number of aromatic nitrogens is 1. The number of hydrogen-bond acceptors (Lipinski definition) is 3. The fourth-order valence-corrected chi connectivity index (χ4v) is 2.25. The van der Waals surface area contributed by atoms with E-state index < -0.39 is 0 Å². The van der Waals surface area contributed by atoms with E-state index in [1.54, 1.807) is 6.20 Å². The van der Waals surface area contributed by atoms with Gasteiger partial charge in [-0.2, -0.15) is 0 Å². The highest BCUT2D eigenvalue weighted by atomic mass is 16.2. The van der Waals surface area contributed by atoms with Gasteiger partial charge in [-0.3, -0.25) is 9.78 Å². The molecule has 1 aromatic heterocycles. The van der Waals surface area contributed by atoms with Gasteiger partial charge in [0, 0.05) is 31.4 Å². The Labute approximate surface area is 115 Å². The Balaban J connectivity index is 1.98. The maximum absolute atomic E-state index is 12.4. The van der Waals surface area contributed by atoms with E-state index in [4.69, 9.17) is 5.73 Å². The van der Waals surface area contributed by atoms with Crippen LogP contribution in [-0.4, -0.2) is 28.4 Å². The van der Waals surface area contributed by atoms with Gasteiger partial charge >= 0.3 is 0 Å². The third kappa shape index (κ3) is 4.03. The van der Waals surface area contributed by atoms with Gasteiger partial charge in [-0.1, -0.05) is 19.4 Å². The highest BCUT2D eigenvalue weighted by Crippen LogP contribution is 2.29. The van der Waals surface area contributed by atoms with Gasteiger partial charge in [-0.25, -0.2) is 0 Å². The smallest absolute Gasteiger partial charge is 0.223 e. The Morgan fingerprint density at radius 2 is 2.37 bits per heavy atom. The van der Waals surface area contributed by atoms with Crippen molar-refractivity contribution in [3.63, 3.8) is 0 Å². The highest BCUT2D eigenvalue weighted by Gasteiger charge is 2.32. The topological polar surface area (TPSA) is 59.2 Å². The van der Waals surface area contributed by atoms with Crippen molar-refractivity contribution in [3.8, 4) is 0 Å². The molecule has 0 radical (unpaired) electrons. The molecule has 1 aromatic rings. The van der Waals surface area contributed by atoms with E-state index in [1.165, 1.54) is 0 Å². The lowest BCUT2D eigenvalue weighted by Gasteiger charge is -2.24. The molecule has 0 spiro atoms. The number of rotatable bonds is 7. The molecule has 1 aliphatic carbocycles. The average Bonchev–Trinajstić information content (AvgIpc) is 3.27. The summed E-state index contributed by atoms with van der Waals surface area (Å²) in [6.45, 7) is 3.36. The van der Waals surface area contributed by atoms with E-state index in [9.17, 15) is 4.79 Å². The van der Waals surface area contributed by atoms with Crippen LogP contribution >= 0.6 is 0 Å². The first kappa shape index (κ1) is 14.0. The molecule has 104 valence electrons. The molecule has 0 aliphatic heterocycles. The molecule has 4 heteroatoms. The van der Waals surface area contributed by atoms with Crippen LogP contribution in [0.1, 0.15) is 38.2 Å². The standard InChI is InChI=1S/C15H23N3O/c1-2-12(9-16)8-15(19)18(14-5-6-14)11-13-4-3-7-17-10-13/h3-4,7,10,12,14H,2,5-6,8-9,11,16H2,1H3. The molecule has 4 nitrogen and oxygen atoms in total. The number of hydrogen-bond donors (Lipinski definition) is 1. The summed E-state index contributed by atoms with van der Waals surface area (Å²) in [7, 11) is 0. The van der Waals surface area contributed by atoms with Crippen molar-refractivity contribution in [3.05, 3.63) is 30.1 Å². The van der Waals surface area contributed by atoms with Crippen molar-refractivity contribution in [1.82, 2.24) is 9.88 Å². The van der Waals surface area contributed by atoms with Crippen LogP contribution in [0.4, 0.5) is 0 Å². The first-order valence-electron chi connectivity index (χ1n) is 7.13. The molecule has 1 saturated carbocycles. The molecule has 1 atom stereocenters. The van der Waals surface area contributed by atoms with Gasteiger partial charge in [0.1, 0.15) is 0 Å². The third-order valence-corrected chi connectivity index (χ3v) is 3.76. The fraction of sp³-hybridized carbons (Fsp3) is 0.600. The molecule has 1 heterocycles. The molecule has 0 bridgehead atoms. The van der Waals surface area contributed by atoms with Crippen molar-refractivity contribution >= 4 is 5.91 Å². The van der Waals surface area contributed by atoms with Gasteiger partial charge in [0.2, 0.25) is 5.91 Å². The number of carbonyl (C=O) groups excluding carboxylic acids is 1. The Morgan fingerprint density at radius 3 is 2.89 bits per heavy atom. The quantitative estimate of drug-likeness (QED) is 0.816. The van der Waals surface area contributed by atoms with Gasteiger partial charge in [-0.05, 0) is 36.9 Å². The molecule has 0 saturated heterocycles. The zero-order valence-electron chi connectivity index (χ0n) is 11.6. The number of amides is 1. The van der Waals surface area contributed by atoms with Crippen molar-refractivity contribution in [2.24, 2.45) is 11.7 Å². The second-order valence-corrected chi connectivity index (χ2v) is 5.33. The summed E-state index contributed by atoms with van der Waals surface area (Å²) < 4.78 is 0. The number of pyridine rings is 1. The first-order valence-corrected chi connectivity index (χ1v) is 7.13. The maximum atomic E-state index is 12.4. The minimum Gasteiger partial charge on any atom is -0.335 e. The van der Waals surface area contributed by atoms with Gasteiger partial charge in [-0.15, -0.1) is 0 Å². The van der Waals surface area contributed by atoms with E-state index >= 15 is 0 Å². The minimum atomic E-state index is 0.239. The van der Waals surface area contributed by atoms with Crippen molar-refractivity contribution in [2.45, 2.75) is 45.2 Å². The van der Waals surface area contributed by atoms with Crippen LogP contribution in [0.3, 0.4) is 0 Å². The van der Waals surface area contributed by atoms with E-state index in [2.05, 4.69) is 11.9 Å². The fourth-order valence-electron chi connectivity index (χ4n) is 2.25. The van der Waals surface area contributed by atoms with E-state index in [1.807, 2.05) is 23.2 Å². The van der Waals surface area contributed by atoms with Gasteiger partial charge in [0.05, 0.1) is 0 Å². The normalized spacial score (nSPS) is 16.1. The summed E-state index contributed by atoms with van der Waals surface area (Å²) in [6.07, 6.45) is 7.39. The van der Waals surface area contributed by atoms with Crippen molar-refractivity contribution in [2.75, 3.05) is 6.54 Å². The lowest BCUT2D eigenvalue weighted by Crippen LogP contribution is -2.34. The second kappa shape index (κ2) is 6.66. The highest BCUT2D eigenvalue weighted by molar-refractivity contribution is 5.77. The van der Waals surface area contributed by atoms with Crippen LogP contribution in [0.25, 0.3) is 0 Å². The summed E-state index contributed by atoms with van der Waals surface area (Å²) >= 11 is 0. The van der Waals surface area contributed by atoms with E-state index in [0.717, 1.165) is 24.8 Å². The molecule has 1 unspecified atom stereocenters. The van der Waals surface area contributed by atoms with Crippen LogP contribution in [-0.2, 0) is 11.3 Å². The number of nitrogens with two attached hydrogens (primary N) is 1. The number of nitrogens with zero attached hydrogens (tertiary/aromatic N) is 2.